The van der Waals surface area contributed by atoms with Crippen LogP contribution in [0.5, 0.6) is 0 Å². The zero-order valence-electron chi connectivity index (χ0n) is 17.9. The molecule has 10 heteroatoms. The predicted octanol–water partition coefficient (Wildman–Crippen LogP) is 6.52. The molecule has 34 heavy (non-hydrogen) atoms. The van der Waals surface area contributed by atoms with Crippen molar-refractivity contribution in [2.75, 3.05) is 5.32 Å². The molecule has 4 nitrogen and oxygen atoms in total. The maximum absolute atomic E-state index is 15.0. The van der Waals surface area contributed by atoms with Gasteiger partial charge in [-0.15, -0.1) is 0 Å². The quantitative estimate of drug-likeness (QED) is 0.336. The Morgan fingerprint density at radius 2 is 1.65 bits per heavy atom. The number of hydrogen-bond donors (Lipinski definition) is 1. The van der Waals surface area contributed by atoms with Crippen LogP contribution in [-0.2, 0) is 5.67 Å². The first-order valence-electron chi connectivity index (χ1n) is 9.76. The summed E-state index contributed by atoms with van der Waals surface area (Å²) in [7, 11) is 0. The van der Waals surface area contributed by atoms with Gasteiger partial charge in [0.15, 0.2) is 0 Å². The Bertz CT molecular complexity index is 1320. The number of benzene rings is 2. The number of nitrogens with zero attached hydrogens (tertiary/aromatic N) is 2. The zero-order valence-corrected chi connectivity index (χ0v) is 17.9. The monoisotopic (exact) mass is 477 g/mol. The van der Waals surface area contributed by atoms with Crippen molar-refractivity contribution in [3.63, 3.8) is 0 Å². The summed E-state index contributed by atoms with van der Waals surface area (Å²) in [6.45, 7) is 5.17. The molecule has 0 bridgehead atoms. The maximum Gasteiger partial charge on any atom is 0.433 e. The number of hydrogen-bond acceptors (Lipinski definition) is 3. The van der Waals surface area contributed by atoms with Crippen molar-refractivity contribution in [3.05, 3.63) is 83.1 Å². The predicted molar refractivity (Wildman–Crippen MR) is 114 cm³/mol. The molecule has 0 aliphatic carbocycles. The van der Waals surface area contributed by atoms with Crippen LogP contribution >= 0.6 is 0 Å². The van der Waals surface area contributed by atoms with Crippen LogP contribution in [0.25, 0.3) is 10.9 Å². The number of allylic oxidation sites excluding steroid dienone is 1. The molecule has 3 aromatic rings. The number of pyridine rings is 1. The third-order valence-electron chi connectivity index (χ3n) is 5.34. The normalized spacial score (nSPS) is 13.7. The van der Waals surface area contributed by atoms with E-state index in [0.29, 0.717) is 23.0 Å². The maximum atomic E-state index is 15.0. The van der Waals surface area contributed by atoms with Crippen molar-refractivity contribution in [1.82, 2.24) is 4.98 Å². The molecular formula is C24H17F6N3O. The fraction of sp³-hybridized carbons (Fsp3) is 0.208. The van der Waals surface area contributed by atoms with Gasteiger partial charge in [-0.2, -0.15) is 27.2 Å². The molecular weight excluding hydrogens is 460 g/mol. The summed E-state index contributed by atoms with van der Waals surface area (Å²) in [5.74, 6) is -5.57. The second kappa shape index (κ2) is 8.48. The number of fused-ring (bicyclic) bond motifs is 1. The van der Waals surface area contributed by atoms with E-state index in [0.717, 1.165) is 0 Å². The number of carbonyl (C=O) groups excluding carboxylic acids is 1. The van der Waals surface area contributed by atoms with Crippen LogP contribution in [-0.4, -0.2) is 23.0 Å². The molecule has 1 unspecified atom stereocenters. The molecule has 0 aliphatic heterocycles. The van der Waals surface area contributed by atoms with E-state index in [1.54, 1.807) is 6.07 Å². The lowest BCUT2D eigenvalue weighted by molar-refractivity contribution is -0.296. The first-order valence-corrected chi connectivity index (χ1v) is 9.76. The number of aryl methyl sites for hydroxylation is 2. The van der Waals surface area contributed by atoms with Crippen LogP contribution in [0, 0.1) is 25.2 Å². The minimum Gasteiger partial charge on any atom is -0.322 e. The second-order valence-electron chi connectivity index (χ2n) is 7.64. The summed E-state index contributed by atoms with van der Waals surface area (Å²) in [5.41, 5.74) is -5.50. The van der Waals surface area contributed by atoms with Crippen molar-refractivity contribution >= 4 is 22.5 Å². The first-order chi connectivity index (χ1) is 15.7. The van der Waals surface area contributed by atoms with Gasteiger partial charge in [0, 0.05) is 22.2 Å². The molecule has 1 amide bonds. The van der Waals surface area contributed by atoms with Crippen molar-refractivity contribution in [2.45, 2.75) is 31.6 Å². The van der Waals surface area contributed by atoms with E-state index in [9.17, 15) is 31.1 Å². The summed E-state index contributed by atoms with van der Waals surface area (Å²) in [5, 5.41) is 12.0. The molecule has 176 valence electrons. The third kappa shape index (κ3) is 4.09. The van der Waals surface area contributed by atoms with Crippen LogP contribution in [0.4, 0.5) is 32.0 Å². The van der Waals surface area contributed by atoms with Gasteiger partial charge in [-0.05, 0) is 61.4 Å². The van der Waals surface area contributed by atoms with E-state index >= 15 is 0 Å². The highest BCUT2D eigenvalue weighted by Gasteiger charge is 2.71. The first kappa shape index (κ1) is 24.8. The number of aromatic nitrogens is 1. The van der Waals surface area contributed by atoms with Gasteiger partial charge >= 0.3 is 12.1 Å². The van der Waals surface area contributed by atoms with Gasteiger partial charge in [0.1, 0.15) is 11.8 Å². The molecule has 0 saturated carbocycles. The topological polar surface area (TPSA) is 65.8 Å². The van der Waals surface area contributed by atoms with Gasteiger partial charge < -0.3 is 5.32 Å². The lowest BCUT2D eigenvalue weighted by Crippen LogP contribution is -2.51. The van der Waals surface area contributed by atoms with Gasteiger partial charge in [-0.1, -0.05) is 18.7 Å². The smallest absolute Gasteiger partial charge is 0.322 e. The van der Waals surface area contributed by atoms with Gasteiger partial charge in [0.05, 0.1) is 5.52 Å². The highest BCUT2D eigenvalue weighted by molar-refractivity contribution is 6.07. The standard InChI is InChI=1S/C24H17F6N3O/c1-4-22(25,26)23(27,24(28,29)30)17-9-13(2)20(14(3)10-17)33-21(34)16-6-8-19-15(11-16)5-7-18(12-31)32-19/h4-11H,1H2,2-3H3,(H,33,34). The summed E-state index contributed by atoms with van der Waals surface area (Å²) < 4.78 is 83.4. The molecule has 0 fully saturated rings. The Balaban J connectivity index is 2.00. The Hall–Kier alpha value is -3.87. The minimum absolute atomic E-state index is 0.0457. The molecule has 1 N–H and O–H groups in total. The average molecular weight is 477 g/mol. The van der Waals surface area contributed by atoms with Crippen molar-refractivity contribution in [3.8, 4) is 6.07 Å². The lowest BCUT2D eigenvalue weighted by Gasteiger charge is -2.34. The van der Waals surface area contributed by atoms with E-state index in [2.05, 4.69) is 16.9 Å². The van der Waals surface area contributed by atoms with E-state index in [1.807, 2.05) is 6.07 Å². The van der Waals surface area contributed by atoms with Crippen molar-refractivity contribution in [2.24, 2.45) is 0 Å². The number of anilines is 1. The average Bonchev–Trinajstić information content (AvgIpc) is 2.78. The molecule has 1 aromatic heterocycles. The van der Waals surface area contributed by atoms with E-state index in [4.69, 9.17) is 5.26 Å². The SMILES string of the molecule is C=CC(F)(F)C(F)(c1cc(C)c(NC(=O)c2ccc3nc(C#N)ccc3c2)c(C)c1)C(F)(F)F. The highest BCUT2D eigenvalue weighted by Crippen LogP contribution is 2.53. The molecule has 0 radical (unpaired) electrons. The summed E-state index contributed by atoms with van der Waals surface area (Å²) in [4.78, 5) is 16.9. The van der Waals surface area contributed by atoms with Gasteiger partial charge in [0.2, 0.25) is 0 Å². The fourth-order valence-corrected chi connectivity index (χ4v) is 3.56. The minimum atomic E-state index is -5.93. The van der Waals surface area contributed by atoms with Crippen LogP contribution in [0.15, 0.2) is 55.1 Å². The molecule has 3 rings (SSSR count). The number of nitrogens with one attached hydrogen (secondary N) is 1. The van der Waals surface area contributed by atoms with E-state index < -0.39 is 29.2 Å². The van der Waals surface area contributed by atoms with E-state index in [1.165, 1.54) is 38.1 Å². The molecule has 2 aromatic carbocycles. The molecule has 1 heterocycles. The largest absolute Gasteiger partial charge is 0.433 e. The molecule has 0 aliphatic rings. The van der Waals surface area contributed by atoms with Gasteiger partial charge in [0.25, 0.3) is 11.6 Å². The fourth-order valence-electron chi connectivity index (χ4n) is 3.56. The number of rotatable bonds is 5. The number of halogens is 6. The van der Waals surface area contributed by atoms with Gasteiger partial charge in [-0.3, -0.25) is 4.79 Å². The van der Waals surface area contributed by atoms with Crippen LogP contribution < -0.4 is 5.32 Å². The summed E-state index contributed by atoms with van der Waals surface area (Å²) in [6.07, 6.45) is -6.31. The molecule has 0 spiro atoms. The molecule has 0 saturated heterocycles. The van der Waals surface area contributed by atoms with Crippen molar-refractivity contribution < 1.29 is 31.1 Å². The van der Waals surface area contributed by atoms with Crippen LogP contribution in [0.3, 0.4) is 0 Å². The highest BCUT2D eigenvalue weighted by atomic mass is 19.4. The second-order valence-corrected chi connectivity index (χ2v) is 7.64. The molecule has 1 atom stereocenters. The van der Waals surface area contributed by atoms with Crippen molar-refractivity contribution in [1.29, 1.82) is 5.26 Å². The van der Waals surface area contributed by atoms with Gasteiger partial charge in [-0.25, -0.2) is 9.37 Å². The number of nitriles is 1. The zero-order chi connectivity index (χ0) is 25.5. The van der Waals surface area contributed by atoms with Crippen LogP contribution in [0.2, 0.25) is 0 Å². The van der Waals surface area contributed by atoms with Crippen LogP contribution in [0.1, 0.15) is 32.7 Å². The Kier molecular flexibility index (Phi) is 6.18. The van der Waals surface area contributed by atoms with E-state index in [-0.39, 0.29) is 34.1 Å². The summed E-state index contributed by atoms with van der Waals surface area (Å²) in [6, 6.07) is 10.7. The lowest BCUT2D eigenvalue weighted by atomic mass is 9.85. The Morgan fingerprint density at radius 3 is 2.18 bits per heavy atom. The third-order valence-corrected chi connectivity index (χ3v) is 5.34. The number of carbonyl (C=O) groups is 1. The number of alkyl halides is 6. The number of amides is 1. The summed E-state index contributed by atoms with van der Waals surface area (Å²) >= 11 is 0. The Morgan fingerprint density at radius 1 is 1.03 bits per heavy atom. The Labute approximate surface area is 190 Å².